The highest BCUT2D eigenvalue weighted by atomic mass is 79.9. The van der Waals surface area contributed by atoms with Gasteiger partial charge in [-0.05, 0) is 56.5 Å². The molecule has 0 aliphatic carbocycles. The van der Waals surface area contributed by atoms with Crippen LogP contribution in [-0.2, 0) is 10.0 Å². The highest BCUT2D eigenvalue weighted by molar-refractivity contribution is 9.11. The summed E-state index contributed by atoms with van der Waals surface area (Å²) in [6, 6.07) is 4.68. The number of hydrogen-bond acceptors (Lipinski definition) is 4. The molecule has 1 aromatic carbocycles. The molecule has 0 saturated carbocycles. The second-order valence-electron chi connectivity index (χ2n) is 3.80. The van der Waals surface area contributed by atoms with E-state index in [4.69, 9.17) is 11.6 Å². The van der Waals surface area contributed by atoms with Gasteiger partial charge in [-0.25, -0.2) is 18.4 Å². The van der Waals surface area contributed by atoms with Crippen LogP contribution < -0.4 is 4.72 Å². The van der Waals surface area contributed by atoms with E-state index in [1.54, 1.807) is 19.1 Å². The smallest absolute Gasteiger partial charge is 0.261 e. The SMILES string of the molecule is Cc1c(Cl)cccc1S(=O)(=O)Nc1ncc(Br)nc1Br. The van der Waals surface area contributed by atoms with Crippen molar-refractivity contribution >= 4 is 59.3 Å². The molecule has 0 fully saturated rings. The lowest BCUT2D eigenvalue weighted by Gasteiger charge is -2.11. The molecular formula is C11H8Br2ClN3O2S. The Labute approximate surface area is 138 Å². The number of rotatable bonds is 3. The second kappa shape index (κ2) is 5.97. The summed E-state index contributed by atoms with van der Waals surface area (Å²) in [5, 5.41) is 0.383. The molecule has 1 N–H and O–H groups in total. The molecule has 0 unspecified atom stereocenters. The van der Waals surface area contributed by atoms with Crippen LogP contribution in [-0.4, -0.2) is 18.4 Å². The fourth-order valence-corrected chi connectivity index (χ4v) is 4.03. The van der Waals surface area contributed by atoms with Crippen molar-refractivity contribution in [2.45, 2.75) is 11.8 Å². The normalized spacial score (nSPS) is 11.4. The molecule has 106 valence electrons. The predicted octanol–water partition coefficient (Wildman–Crippen LogP) is 3.76. The van der Waals surface area contributed by atoms with Crippen LogP contribution in [0.2, 0.25) is 5.02 Å². The molecule has 0 atom stereocenters. The lowest BCUT2D eigenvalue weighted by molar-refractivity contribution is 0.600. The molecule has 5 nitrogen and oxygen atoms in total. The molecule has 0 amide bonds. The van der Waals surface area contributed by atoms with Crippen molar-refractivity contribution in [1.29, 1.82) is 0 Å². The van der Waals surface area contributed by atoms with E-state index in [1.165, 1.54) is 12.3 Å². The van der Waals surface area contributed by atoms with Gasteiger partial charge in [-0.1, -0.05) is 17.7 Å². The first-order valence-electron chi connectivity index (χ1n) is 5.27. The van der Waals surface area contributed by atoms with E-state index in [0.29, 0.717) is 15.2 Å². The van der Waals surface area contributed by atoms with Crippen molar-refractivity contribution in [1.82, 2.24) is 9.97 Å². The predicted molar refractivity (Wildman–Crippen MR) is 84.4 cm³/mol. The zero-order chi connectivity index (χ0) is 14.9. The average molecular weight is 442 g/mol. The summed E-state index contributed by atoms with van der Waals surface area (Å²) in [4.78, 5) is 8.07. The number of nitrogens with zero attached hydrogens (tertiary/aromatic N) is 2. The van der Waals surface area contributed by atoms with Gasteiger partial charge in [-0.2, -0.15) is 0 Å². The summed E-state index contributed by atoms with van der Waals surface area (Å²) in [6.07, 6.45) is 1.40. The Morgan fingerprint density at radius 3 is 2.65 bits per heavy atom. The van der Waals surface area contributed by atoms with Crippen LogP contribution in [0.4, 0.5) is 5.82 Å². The van der Waals surface area contributed by atoms with E-state index in [9.17, 15) is 8.42 Å². The van der Waals surface area contributed by atoms with Gasteiger partial charge in [0.15, 0.2) is 10.4 Å². The van der Waals surface area contributed by atoms with Crippen LogP contribution in [0.3, 0.4) is 0 Å². The average Bonchev–Trinajstić information content (AvgIpc) is 2.36. The largest absolute Gasteiger partial charge is 0.263 e. The summed E-state index contributed by atoms with van der Waals surface area (Å²) in [5.41, 5.74) is 0.475. The molecule has 0 aliphatic rings. The highest BCUT2D eigenvalue weighted by Crippen LogP contribution is 2.26. The van der Waals surface area contributed by atoms with Gasteiger partial charge >= 0.3 is 0 Å². The van der Waals surface area contributed by atoms with E-state index < -0.39 is 10.0 Å². The molecule has 0 bridgehead atoms. The quantitative estimate of drug-likeness (QED) is 0.787. The molecule has 0 spiro atoms. The summed E-state index contributed by atoms with van der Waals surface area (Å²) < 4.78 is 27.8. The van der Waals surface area contributed by atoms with Crippen LogP contribution in [0.1, 0.15) is 5.56 Å². The topological polar surface area (TPSA) is 72.0 Å². The maximum Gasteiger partial charge on any atom is 0.263 e. The van der Waals surface area contributed by atoms with Crippen LogP contribution in [0, 0.1) is 6.92 Å². The van der Waals surface area contributed by atoms with Crippen LogP contribution in [0.25, 0.3) is 0 Å². The summed E-state index contributed by atoms with van der Waals surface area (Å²) in [7, 11) is -3.78. The molecule has 9 heteroatoms. The van der Waals surface area contributed by atoms with E-state index in [1.807, 2.05) is 0 Å². The Balaban J connectivity index is 2.44. The number of sulfonamides is 1. The minimum absolute atomic E-state index is 0.0987. The molecule has 20 heavy (non-hydrogen) atoms. The molecule has 2 rings (SSSR count). The third kappa shape index (κ3) is 3.30. The van der Waals surface area contributed by atoms with Gasteiger partial charge in [0.05, 0.1) is 11.1 Å². The van der Waals surface area contributed by atoms with Crippen molar-refractivity contribution < 1.29 is 8.42 Å². The zero-order valence-corrected chi connectivity index (χ0v) is 14.8. The fraction of sp³-hybridized carbons (Fsp3) is 0.0909. The van der Waals surface area contributed by atoms with E-state index in [0.717, 1.165) is 0 Å². The lowest BCUT2D eigenvalue weighted by Crippen LogP contribution is -2.16. The lowest BCUT2D eigenvalue weighted by atomic mass is 10.2. The van der Waals surface area contributed by atoms with Crippen LogP contribution >= 0.6 is 43.5 Å². The molecule has 2 aromatic rings. The number of benzene rings is 1. The van der Waals surface area contributed by atoms with Gasteiger partial charge in [0.2, 0.25) is 0 Å². The first kappa shape index (κ1) is 15.7. The first-order valence-corrected chi connectivity index (χ1v) is 8.72. The van der Waals surface area contributed by atoms with Crippen molar-refractivity contribution in [3.05, 3.63) is 44.2 Å². The molecule has 0 aliphatic heterocycles. The van der Waals surface area contributed by atoms with Crippen molar-refractivity contribution in [2.24, 2.45) is 0 Å². The second-order valence-corrected chi connectivity index (χ2v) is 7.42. The summed E-state index contributed by atoms with van der Waals surface area (Å²) in [5.74, 6) is 0.104. The first-order chi connectivity index (χ1) is 9.31. The van der Waals surface area contributed by atoms with E-state index in [-0.39, 0.29) is 15.3 Å². The van der Waals surface area contributed by atoms with Gasteiger partial charge in [-0.3, -0.25) is 4.72 Å². The van der Waals surface area contributed by atoms with E-state index >= 15 is 0 Å². The number of hydrogen-bond donors (Lipinski definition) is 1. The number of aromatic nitrogens is 2. The van der Waals surface area contributed by atoms with Gasteiger partial charge < -0.3 is 0 Å². The van der Waals surface area contributed by atoms with Gasteiger partial charge in [-0.15, -0.1) is 0 Å². The van der Waals surface area contributed by atoms with Gasteiger partial charge in [0.25, 0.3) is 10.0 Å². The fourth-order valence-electron chi connectivity index (χ4n) is 1.48. The van der Waals surface area contributed by atoms with Crippen LogP contribution in [0.15, 0.2) is 38.5 Å². The molecule has 1 heterocycles. The summed E-state index contributed by atoms with van der Waals surface area (Å²) in [6.45, 7) is 1.64. The maximum absolute atomic E-state index is 12.3. The van der Waals surface area contributed by atoms with Gasteiger partial charge in [0.1, 0.15) is 4.60 Å². The third-order valence-corrected chi connectivity index (χ3v) is 5.27. The van der Waals surface area contributed by atoms with Crippen LogP contribution in [0.5, 0.6) is 0 Å². The minimum atomic E-state index is -3.78. The Bertz CT molecular complexity index is 768. The Morgan fingerprint density at radius 2 is 2.00 bits per heavy atom. The third-order valence-electron chi connectivity index (χ3n) is 2.44. The van der Waals surface area contributed by atoms with Crippen molar-refractivity contribution in [2.75, 3.05) is 4.72 Å². The maximum atomic E-state index is 12.3. The highest BCUT2D eigenvalue weighted by Gasteiger charge is 2.20. The molecule has 1 aromatic heterocycles. The van der Waals surface area contributed by atoms with Gasteiger partial charge in [0, 0.05) is 5.02 Å². The summed E-state index contributed by atoms with van der Waals surface area (Å²) >= 11 is 12.2. The standard InChI is InChI=1S/C11H8Br2ClN3O2S/c1-6-7(14)3-2-4-8(6)20(18,19)17-11-10(13)16-9(12)5-15-11/h2-5H,1H3,(H,15,17). The monoisotopic (exact) mass is 439 g/mol. The number of halogens is 3. The zero-order valence-electron chi connectivity index (χ0n) is 10.1. The molecule has 0 radical (unpaired) electrons. The van der Waals surface area contributed by atoms with Crippen molar-refractivity contribution in [3.8, 4) is 0 Å². The minimum Gasteiger partial charge on any atom is -0.261 e. The van der Waals surface area contributed by atoms with Crippen molar-refractivity contribution in [3.63, 3.8) is 0 Å². The Kier molecular flexibility index (Phi) is 4.68. The number of anilines is 1. The van der Waals surface area contributed by atoms with E-state index in [2.05, 4.69) is 46.5 Å². The Morgan fingerprint density at radius 1 is 1.30 bits per heavy atom. The molecular weight excluding hydrogens is 433 g/mol. The molecule has 0 saturated heterocycles. The number of nitrogens with one attached hydrogen (secondary N) is 1. The Hall–Kier alpha value is -0.700.